The minimum absolute atomic E-state index is 0.0674. The molecule has 34 heavy (non-hydrogen) atoms. The molecule has 182 valence electrons. The van der Waals surface area contributed by atoms with Gasteiger partial charge in [-0.15, -0.1) is 0 Å². The third-order valence-corrected chi connectivity index (χ3v) is 7.70. The summed E-state index contributed by atoms with van der Waals surface area (Å²) in [6, 6.07) is 6.40. The lowest BCUT2D eigenvalue weighted by molar-refractivity contribution is -0.148. The first kappa shape index (κ1) is 24.0. The summed E-state index contributed by atoms with van der Waals surface area (Å²) in [5, 5.41) is 9.79. The quantitative estimate of drug-likeness (QED) is 0.570. The van der Waals surface area contributed by atoms with E-state index < -0.39 is 16.0 Å². The number of aromatic nitrogens is 1. The Morgan fingerprint density at radius 2 is 1.94 bits per heavy atom. The summed E-state index contributed by atoms with van der Waals surface area (Å²) in [6.45, 7) is 2.87. The first-order chi connectivity index (χ1) is 16.3. The summed E-state index contributed by atoms with van der Waals surface area (Å²) >= 11 is 0. The average molecular weight is 488 g/mol. The van der Waals surface area contributed by atoms with Gasteiger partial charge in [-0.25, -0.2) is 18.2 Å². The summed E-state index contributed by atoms with van der Waals surface area (Å²) < 4.78 is 33.6. The second-order valence-electron chi connectivity index (χ2n) is 8.68. The third kappa shape index (κ3) is 5.16. The van der Waals surface area contributed by atoms with Crippen LogP contribution in [0.1, 0.15) is 54.1 Å². The summed E-state index contributed by atoms with van der Waals surface area (Å²) in [4.78, 5) is 30.3. The van der Waals surface area contributed by atoms with Crippen LogP contribution in [0, 0.1) is 5.92 Å². The highest BCUT2D eigenvalue weighted by molar-refractivity contribution is 7.92. The lowest BCUT2D eigenvalue weighted by atomic mass is 9.92. The molecule has 2 aromatic rings. The van der Waals surface area contributed by atoms with E-state index >= 15 is 0 Å². The Kier molecular flexibility index (Phi) is 7.06. The Morgan fingerprint density at radius 1 is 1.18 bits per heavy atom. The average Bonchev–Trinajstić information content (AvgIpc) is 2.83. The molecule has 1 aromatic carbocycles. The number of fused-ring (bicyclic) bond motifs is 1. The minimum Gasteiger partial charge on any atom is -0.478 e. The van der Waals surface area contributed by atoms with Gasteiger partial charge in [0, 0.05) is 13.1 Å². The molecular formula is C24H29N3O6S. The van der Waals surface area contributed by atoms with Crippen molar-refractivity contribution in [1.29, 1.82) is 0 Å². The van der Waals surface area contributed by atoms with Crippen LogP contribution in [-0.4, -0.2) is 50.1 Å². The number of rotatable bonds is 7. The Morgan fingerprint density at radius 3 is 2.68 bits per heavy atom. The lowest BCUT2D eigenvalue weighted by Gasteiger charge is -2.33. The first-order valence-corrected chi connectivity index (χ1v) is 13.1. The zero-order valence-corrected chi connectivity index (χ0v) is 19.9. The predicted molar refractivity (Wildman–Crippen MR) is 127 cm³/mol. The zero-order valence-electron chi connectivity index (χ0n) is 19.1. The van der Waals surface area contributed by atoms with E-state index in [-0.39, 0.29) is 40.5 Å². The lowest BCUT2D eigenvalue weighted by Crippen LogP contribution is -2.40. The molecule has 2 aliphatic rings. The molecule has 0 amide bonds. The van der Waals surface area contributed by atoms with Gasteiger partial charge in [0.1, 0.15) is 11.4 Å². The summed E-state index contributed by atoms with van der Waals surface area (Å²) in [7, 11) is -3.91. The van der Waals surface area contributed by atoms with Gasteiger partial charge >= 0.3 is 11.9 Å². The molecule has 0 radical (unpaired) electrons. The van der Waals surface area contributed by atoms with Gasteiger partial charge in [0.15, 0.2) is 0 Å². The maximum atomic E-state index is 13.0. The van der Waals surface area contributed by atoms with Crippen molar-refractivity contribution in [2.45, 2.75) is 50.3 Å². The van der Waals surface area contributed by atoms with Crippen LogP contribution < -0.4 is 9.62 Å². The smallest absolute Gasteiger partial charge is 0.339 e. The number of aryl methyl sites for hydroxylation is 2. The Hall–Kier alpha value is -3.14. The number of nitrogens with zero attached hydrogens (tertiary/aromatic N) is 2. The molecule has 2 N–H and O–H groups in total. The number of pyridine rings is 1. The molecule has 1 saturated heterocycles. The summed E-state index contributed by atoms with van der Waals surface area (Å²) in [6.07, 6.45) is 6.60. The number of aromatic carboxylic acids is 1. The van der Waals surface area contributed by atoms with Crippen LogP contribution in [-0.2, 0) is 32.4 Å². The molecule has 0 saturated carbocycles. The SMILES string of the molecule is CCOC(=O)C1CCCN(c2ncc(NS(=O)(=O)c3ccc4c(c3)CCCC4)cc2C(=O)O)C1. The van der Waals surface area contributed by atoms with Gasteiger partial charge in [-0.2, -0.15) is 0 Å². The van der Waals surface area contributed by atoms with E-state index in [1.54, 1.807) is 24.0 Å². The van der Waals surface area contributed by atoms with Crippen molar-refractivity contribution < 1.29 is 27.9 Å². The molecular weight excluding hydrogens is 458 g/mol. The van der Waals surface area contributed by atoms with Crippen LogP contribution in [0.2, 0.25) is 0 Å². The number of ether oxygens (including phenoxy) is 1. The standard InChI is InChI=1S/C24H29N3O6S/c1-2-33-24(30)18-8-5-11-27(15-18)22-21(23(28)29)13-19(14-25-22)26-34(31,32)20-10-9-16-6-3-4-7-17(16)12-20/h9-10,12-14,18,26H,2-8,11,15H2,1H3,(H,28,29). The number of carbonyl (C=O) groups excluding carboxylic acids is 1. The second kappa shape index (κ2) is 10.0. The topological polar surface area (TPSA) is 126 Å². The normalized spacial score (nSPS) is 18.1. The zero-order chi connectivity index (χ0) is 24.3. The summed E-state index contributed by atoms with van der Waals surface area (Å²) in [5.41, 5.74) is 2.15. The third-order valence-electron chi connectivity index (χ3n) is 6.32. The molecule has 0 spiro atoms. The fraction of sp³-hybridized carbons (Fsp3) is 0.458. The van der Waals surface area contributed by atoms with Gasteiger partial charge in [0.2, 0.25) is 0 Å². The monoisotopic (exact) mass is 487 g/mol. The van der Waals surface area contributed by atoms with E-state index in [0.29, 0.717) is 25.9 Å². The van der Waals surface area contributed by atoms with E-state index in [1.165, 1.54) is 17.8 Å². The molecule has 0 bridgehead atoms. The van der Waals surface area contributed by atoms with Gasteiger partial charge < -0.3 is 14.7 Å². The van der Waals surface area contributed by atoms with Gasteiger partial charge in [-0.05, 0) is 74.8 Å². The highest BCUT2D eigenvalue weighted by Crippen LogP contribution is 2.29. The van der Waals surface area contributed by atoms with E-state index in [2.05, 4.69) is 9.71 Å². The van der Waals surface area contributed by atoms with Crippen LogP contribution in [0.15, 0.2) is 35.4 Å². The highest BCUT2D eigenvalue weighted by Gasteiger charge is 2.30. The van der Waals surface area contributed by atoms with Crippen LogP contribution in [0.3, 0.4) is 0 Å². The van der Waals surface area contributed by atoms with Gasteiger partial charge in [-0.3, -0.25) is 9.52 Å². The number of nitrogens with one attached hydrogen (secondary N) is 1. The Labute approximate surface area is 199 Å². The molecule has 1 aliphatic heterocycles. The van der Waals surface area contributed by atoms with Crippen LogP contribution in [0.5, 0.6) is 0 Å². The Bertz CT molecular complexity index is 1200. The van der Waals surface area contributed by atoms with Crippen LogP contribution >= 0.6 is 0 Å². The van der Waals surface area contributed by atoms with Crippen molar-refractivity contribution in [2.75, 3.05) is 29.3 Å². The predicted octanol–water partition coefficient (Wildman–Crippen LogP) is 3.24. The molecule has 1 unspecified atom stereocenters. The number of benzene rings is 1. The first-order valence-electron chi connectivity index (χ1n) is 11.6. The maximum absolute atomic E-state index is 13.0. The minimum atomic E-state index is -3.91. The Balaban J connectivity index is 1.57. The largest absolute Gasteiger partial charge is 0.478 e. The number of esters is 1. The molecule has 9 nitrogen and oxygen atoms in total. The van der Waals surface area contributed by atoms with E-state index in [4.69, 9.17) is 4.74 Å². The molecule has 1 aromatic heterocycles. The fourth-order valence-electron chi connectivity index (χ4n) is 4.64. The van der Waals surface area contributed by atoms with E-state index in [1.807, 2.05) is 6.07 Å². The number of anilines is 2. The number of carboxylic acids is 1. The molecule has 2 heterocycles. The van der Waals surface area contributed by atoms with E-state index in [9.17, 15) is 23.1 Å². The van der Waals surface area contributed by atoms with Crippen molar-refractivity contribution in [3.8, 4) is 0 Å². The molecule has 1 fully saturated rings. The van der Waals surface area contributed by atoms with Gasteiger partial charge in [0.25, 0.3) is 10.0 Å². The molecule has 4 rings (SSSR count). The van der Waals surface area contributed by atoms with Crippen molar-refractivity contribution in [3.05, 3.63) is 47.2 Å². The number of carboxylic acid groups (broad SMARTS) is 1. The maximum Gasteiger partial charge on any atom is 0.339 e. The summed E-state index contributed by atoms with van der Waals surface area (Å²) in [5.74, 6) is -1.69. The van der Waals surface area contributed by atoms with Crippen LogP contribution in [0.25, 0.3) is 0 Å². The van der Waals surface area contributed by atoms with Crippen molar-refractivity contribution >= 4 is 33.5 Å². The number of sulfonamides is 1. The highest BCUT2D eigenvalue weighted by atomic mass is 32.2. The molecule has 10 heteroatoms. The number of carbonyl (C=O) groups is 2. The van der Waals surface area contributed by atoms with Crippen molar-refractivity contribution in [2.24, 2.45) is 5.92 Å². The number of piperidine rings is 1. The van der Waals surface area contributed by atoms with Crippen LogP contribution in [0.4, 0.5) is 11.5 Å². The number of hydrogen-bond acceptors (Lipinski definition) is 7. The molecule has 1 atom stereocenters. The van der Waals surface area contributed by atoms with Crippen molar-refractivity contribution in [3.63, 3.8) is 0 Å². The van der Waals surface area contributed by atoms with E-state index in [0.717, 1.165) is 31.2 Å². The van der Waals surface area contributed by atoms with Gasteiger partial charge in [0.05, 0.1) is 29.3 Å². The molecule has 1 aliphatic carbocycles. The fourth-order valence-corrected chi connectivity index (χ4v) is 5.72. The second-order valence-corrected chi connectivity index (χ2v) is 10.4. The van der Waals surface area contributed by atoms with Gasteiger partial charge in [-0.1, -0.05) is 6.07 Å². The van der Waals surface area contributed by atoms with Crippen molar-refractivity contribution in [1.82, 2.24) is 4.98 Å². The number of hydrogen-bond donors (Lipinski definition) is 2.